The minimum absolute atomic E-state index is 0.00525. The summed E-state index contributed by atoms with van der Waals surface area (Å²) in [5, 5.41) is 0. The second kappa shape index (κ2) is 5.41. The van der Waals surface area contributed by atoms with E-state index in [1.807, 2.05) is 18.3 Å². The number of hydrogen-bond donors (Lipinski definition) is 1. The Morgan fingerprint density at radius 2 is 2.19 bits per heavy atom. The Bertz CT molecular complexity index is 336. The summed E-state index contributed by atoms with van der Waals surface area (Å²) in [6, 6.07) is 4.02. The maximum Gasteiger partial charge on any atom is 0.0623 e. The van der Waals surface area contributed by atoms with E-state index in [4.69, 9.17) is 10.5 Å². The van der Waals surface area contributed by atoms with Crippen molar-refractivity contribution in [2.75, 3.05) is 7.11 Å². The van der Waals surface area contributed by atoms with Crippen molar-refractivity contribution in [3.05, 3.63) is 29.6 Å². The summed E-state index contributed by atoms with van der Waals surface area (Å²) in [4.78, 5) is 4.30. The highest BCUT2D eigenvalue weighted by atomic mass is 16.5. The molecule has 0 saturated carbocycles. The standard InChI is InChI=1S/C13H22N2O/c1-10-6-8-15-12(9-10)11(14)5-7-13(2,3)16-4/h6,8-9,11H,5,7,14H2,1-4H3. The molecule has 0 aliphatic carbocycles. The molecular weight excluding hydrogens is 200 g/mol. The predicted molar refractivity (Wildman–Crippen MR) is 66.2 cm³/mol. The molecule has 1 aromatic rings. The number of nitrogens with zero attached hydrogens (tertiary/aromatic N) is 1. The molecule has 0 aromatic carbocycles. The lowest BCUT2D eigenvalue weighted by atomic mass is 9.97. The van der Waals surface area contributed by atoms with Gasteiger partial charge in [0.2, 0.25) is 0 Å². The Hall–Kier alpha value is -0.930. The van der Waals surface area contributed by atoms with E-state index in [1.165, 1.54) is 5.56 Å². The van der Waals surface area contributed by atoms with E-state index in [2.05, 4.69) is 25.8 Å². The lowest BCUT2D eigenvalue weighted by molar-refractivity contribution is 0.0124. The molecule has 1 unspecified atom stereocenters. The minimum Gasteiger partial charge on any atom is -0.379 e. The highest BCUT2D eigenvalue weighted by Crippen LogP contribution is 2.21. The number of nitrogens with two attached hydrogens (primary N) is 1. The molecule has 0 saturated heterocycles. The number of aromatic nitrogens is 1. The molecule has 2 N–H and O–H groups in total. The van der Waals surface area contributed by atoms with E-state index in [-0.39, 0.29) is 11.6 Å². The van der Waals surface area contributed by atoms with E-state index < -0.39 is 0 Å². The largest absolute Gasteiger partial charge is 0.379 e. The Morgan fingerprint density at radius 3 is 2.75 bits per heavy atom. The van der Waals surface area contributed by atoms with Crippen LogP contribution >= 0.6 is 0 Å². The Balaban J connectivity index is 2.56. The highest BCUT2D eigenvalue weighted by Gasteiger charge is 2.18. The molecule has 0 bridgehead atoms. The number of rotatable bonds is 5. The zero-order valence-corrected chi connectivity index (χ0v) is 10.7. The SMILES string of the molecule is COC(C)(C)CCC(N)c1cc(C)ccn1. The summed E-state index contributed by atoms with van der Waals surface area (Å²) < 4.78 is 5.37. The molecule has 3 heteroatoms. The van der Waals surface area contributed by atoms with Crippen LogP contribution in [0.1, 0.15) is 44.0 Å². The number of pyridine rings is 1. The fourth-order valence-corrected chi connectivity index (χ4v) is 1.52. The predicted octanol–water partition coefficient (Wildman–Crippen LogP) is 2.60. The number of ether oxygens (including phenoxy) is 1. The van der Waals surface area contributed by atoms with Gasteiger partial charge in [-0.25, -0.2) is 0 Å². The lowest BCUT2D eigenvalue weighted by Gasteiger charge is -2.24. The lowest BCUT2D eigenvalue weighted by Crippen LogP contribution is -2.25. The smallest absolute Gasteiger partial charge is 0.0623 e. The van der Waals surface area contributed by atoms with Gasteiger partial charge in [0.25, 0.3) is 0 Å². The molecule has 90 valence electrons. The Labute approximate surface area is 98.0 Å². The van der Waals surface area contributed by atoms with Gasteiger partial charge in [0.15, 0.2) is 0 Å². The van der Waals surface area contributed by atoms with Gasteiger partial charge in [-0.15, -0.1) is 0 Å². The first kappa shape index (κ1) is 13.1. The van der Waals surface area contributed by atoms with Crippen molar-refractivity contribution in [2.24, 2.45) is 5.73 Å². The van der Waals surface area contributed by atoms with Crippen LogP contribution in [0.15, 0.2) is 18.3 Å². The third kappa shape index (κ3) is 3.91. The monoisotopic (exact) mass is 222 g/mol. The fourth-order valence-electron chi connectivity index (χ4n) is 1.52. The zero-order chi connectivity index (χ0) is 12.2. The molecule has 0 aliphatic rings. The van der Waals surface area contributed by atoms with Crippen LogP contribution in [-0.4, -0.2) is 17.7 Å². The molecule has 1 aromatic heterocycles. The van der Waals surface area contributed by atoms with Crippen molar-refractivity contribution in [1.82, 2.24) is 4.98 Å². The zero-order valence-electron chi connectivity index (χ0n) is 10.7. The summed E-state index contributed by atoms with van der Waals surface area (Å²) in [7, 11) is 1.73. The summed E-state index contributed by atoms with van der Waals surface area (Å²) in [6.07, 6.45) is 3.63. The van der Waals surface area contributed by atoms with E-state index in [0.717, 1.165) is 18.5 Å². The second-order valence-corrected chi connectivity index (χ2v) is 4.87. The summed E-state index contributed by atoms with van der Waals surface area (Å²) in [5.41, 5.74) is 8.16. The molecular formula is C13H22N2O. The first-order valence-corrected chi connectivity index (χ1v) is 5.68. The normalized spacial score (nSPS) is 13.8. The van der Waals surface area contributed by atoms with Gasteiger partial charge >= 0.3 is 0 Å². The molecule has 0 aliphatic heterocycles. The average molecular weight is 222 g/mol. The third-order valence-corrected chi connectivity index (χ3v) is 2.93. The minimum atomic E-state index is -0.110. The van der Waals surface area contributed by atoms with Crippen molar-refractivity contribution in [3.63, 3.8) is 0 Å². The van der Waals surface area contributed by atoms with Crippen molar-refractivity contribution in [3.8, 4) is 0 Å². The van der Waals surface area contributed by atoms with E-state index in [0.29, 0.717) is 0 Å². The van der Waals surface area contributed by atoms with Gasteiger partial charge in [-0.05, 0) is 51.3 Å². The first-order chi connectivity index (χ1) is 7.44. The van der Waals surface area contributed by atoms with Crippen molar-refractivity contribution >= 4 is 0 Å². The Kier molecular flexibility index (Phi) is 4.44. The van der Waals surface area contributed by atoms with Crippen LogP contribution in [0.25, 0.3) is 0 Å². The number of methoxy groups -OCH3 is 1. The molecule has 1 heterocycles. The number of aryl methyl sites for hydroxylation is 1. The van der Waals surface area contributed by atoms with Gasteiger partial charge in [0.05, 0.1) is 11.3 Å². The molecule has 0 radical (unpaired) electrons. The summed E-state index contributed by atoms with van der Waals surface area (Å²) in [6.45, 7) is 6.20. The second-order valence-electron chi connectivity index (χ2n) is 4.87. The van der Waals surface area contributed by atoms with E-state index >= 15 is 0 Å². The van der Waals surface area contributed by atoms with Crippen molar-refractivity contribution in [1.29, 1.82) is 0 Å². The molecule has 3 nitrogen and oxygen atoms in total. The molecule has 0 spiro atoms. The maximum atomic E-state index is 6.11. The topological polar surface area (TPSA) is 48.1 Å². The molecule has 0 amide bonds. The molecule has 1 atom stereocenters. The van der Waals surface area contributed by atoms with Crippen LogP contribution < -0.4 is 5.73 Å². The maximum absolute atomic E-state index is 6.11. The van der Waals surface area contributed by atoms with Crippen LogP contribution in [0.2, 0.25) is 0 Å². The van der Waals surface area contributed by atoms with Crippen molar-refractivity contribution < 1.29 is 4.74 Å². The summed E-state index contributed by atoms with van der Waals surface area (Å²) in [5.74, 6) is 0. The summed E-state index contributed by atoms with van der Waals surface area (Å²) >= 11 is 0. The van der Waals surface area contributed by atoms with E-state index in [9.17, 15) is 0 Å². The molecule has 0 fully saturated rings. The quantitative estimate of drug-likeness (QED) is 0.833. The van der Waals surface area contributed by atoms with Gasteiger partial charge in [-0.3, -0.25) is 4.98 Å². The van der Waals surface area contributed by atoms with Crippen LogP contribution in [0.4, 0.5) is 0 Å². The Morgan fingerprint density at radius 1 is 1.50 bits per heavy atom. The van der Waals surface area contributed by atoms with Gasteiger partial charge in [-0.1, -0.05) is 0 Å². The van der Waals surface area contributed by atoms with Crippen LogP contribution in [0, 0.1) is 6.92 Å². The van der Waals surface area contributed by atoms with Gasteiger partial charge in [-0.2, -0.15) is 0 Å². The highest BCUT2D eigenvalue weighted by molar-refractivity contribution is 5.16. The third-order valence-electron chi connectivity index (χ3n) is 2.93. The van der Waals surface area contributed by atoms with E-state index in [1.54, 1.807) is 7.11 Å². The van der Waals surface area contributed by atoms with Gasteiger partial charge in [0.1, 0.15) is 0 Å². The fraction of sp³-hybridized carbons (Fsp3) is 0.615. The van der Waals surface area contributed by atoms with Crippen LogP contribution in [0.3, 0.4) is 0 Å². The number of hydrogen-bond acceptors (Lipinski definition) is 3. The van der Waals surface area contributed by atoms with Gasteiger partial charge in [0, 0.05) is 19.3 Å². The molecule has 1 rings (SSSR count). The van der Waals surface area contributed by atoms with Crippen LogP contribution in [0.5, 0.6) is 0 Å². The van der Waals surface area contributed by atoms with Crippen molar-refractivity contribution in [2.45, 2.75) is 45.3 Å². The average Bonchev–Trinajstić information content (AvgIpc) is 2.26. The first-order valence-electron chi connectivity index (χ1n) is 5.68. The van der Waals surface area contributed by atoms with Gasteiger partial charge < -0.3 is 10.5 Å². The van der Waals surface area contributed by atoms with Crippen LogP contribution in [-0.2, 0) is 4.74 Å². The molecule has 16 heavy (non-hydrogen) atoms.